The number of hydrogen-bond donors (Lipinski definition) is 1. The van der Waals surface area contributed by atoms with Crippen LogP contribution >= 0.6 is 15.9 Å². The molecule has 1 aromatic carbocycles. The highest BCUT2D eigenvalue weighted by Gasteiger charge is 2.47. The van der Waals surface area contributed by atoms with Crippen molar-refractivity contribution < 1.29 is 9.53 Å². The minimum Gasteiger partial charge on any atom is -0.496 e. The van der Waals surface area contributed by atoms with Crippen molar-refractivity contribution in [3.05, 3.63) is 57.8 Å². The molecule has 0 atom stereocenters. The molecule has 0 radical (unpaired) electrons. The van der Waals surface area contributed by atoms with Crippen LogP contribution in [0.25, 0.3) is 0 Å². The van der Waals surface area contributed by atoms with Crippen molar-refractivity contribution >= 4 is 21.8 Å². The van der Waals surface area contributed by atoms with Gasteiger partial charge in [0.25, 0.3) is 5.91 Å². The lowest BCUT2D eigenvalue weighted by Gasteiger charge is -2.18. The van der Waals surface area contributed by atoms with E-state index in [0.29, 0.717) is 11.3 Å². The molecule has 114 valence electrons. The van der Waals surface area contributed by atoms with Crippen molar-refractivity contribution in [2.24, 2.45) is 0 Å². The fourth-order valence-electron chi connectivity index (χ4n) is 2.50. The van der Waals surface area contributed by atoms with Crippen LogP contribution in [0.2, 0.25) is 0 Å². The van der Waals surface area contributed by atoms with E-state index in [2.05, 4.69) is 26.2 Å². The predicted octanol–water partition coefficient (Wildman–Crippen LogP) is 3.58. The van der Waals surface area contributed by atoms with Crippen LogP contribution in [0.4, 0.5) is 0 Å². The van der Waals surface area contributed by atoms with E-state index in [9.17, 15) is 4.79 Å². The summed E-state index contributed by atoms with van der Waals surface area (Å²) in [5, 5.41) is 3.12. The Labute approximate surface area is 138 Å². The third-order valence-electron chi connectivity index (χ3n) is 3.98. The number of nitrogens with zero attached hydrogens (tertiary/aromatic N) is 1. The van der Waals surface area contributed by atoms with Crippen molar-refractivity contribution in [2.75, 3.05) is 7.11 Å². The Balaban J connectivity index is 1.88. The minimum atomic E-state index is -0.333. The molecule has 2 aromatic rings. The number of methoxy groups -OCH3 is 1. The van der Waals surface area contributed by atoms with Gasteiger partial charge in [0.1, 0.15) is 5.75 Å². The molecular weight excluding hydrogens is 344 g/mol. The van der Waals surface area contributed by atoms with E-state index in [0.717, 1.165) is 28.6 Å². The minimum absolute atomic E-state index is 0.138. The van der Waals surface area contributed by atoms with E-state index in [1.807, 2.05) is 31.2 Å². The van der Waals surface area contributed by atoms with Gasteiger partial charge in [-0.25, -0.2) is 0 Å². The fourth-order valence-corrected chi connectivity index (χ4v) is 2.85. The van der Waals surface area contributed by atoms with Gasteiger partial charge in [-0.1, -0.05) is 22.0 Å². The number of amides is 1. The quantitative estimate of drug-likeness (QED) is 0.906. The van der Waals surface area contributed by atoms with E-state index < -0.39 is 0 Å². The van der Waals surface area contributed by atoms with Gasteiger partial charge >= 0.3 is 0 Å². The smallest absolute Gasteiger partial charge is 0.255 e. The maximum Gasteiger partial charge on any atom is 0.255 e. The molecule has 5 heteroatoms. The highest BCUT2D eigenvalue weighted by molar-refractivity contribution is 9.10. The number of nitrogens with one attached hydrogen (secondary N) is 1. The number of benzene rings is 1. The van der Waals surface area contributed by atoms with Crippen molar-refractivity contribution in [3.63, 3.8) is 0 Å². The Morgan fingerprint density at radius 1 is 1.36 bits per heavy atom. The maximum atomic E-state index is 12.7. The summed E-state index contributed by atoms with van der Waals surface area (Å²) >= 11 is 3.47. The Morgan fingerprint density at radius 3 is 2.73 bits per heavy atom. The van der Waals surface area contributed by atoms with Gasteiger partial charge in [0.15, 0.2) is 0 Å². The number of aryl methyl sites for hydroxylation is 1. The first-order chi connectivity index (χ1) is 10.6. The van der Waals surface area contributed by atoms with Gasteiger partial charge in [0, 0.05) is 10.7 Å². The molecule has 0 unspecified atom stereocenters. The second kappa shape index (κ2) is 5.72. The van der Waals surface area contributed by atoms with Crippen molar-refractivity contribution in [1.29, 1.82) is 0 Å². The van der Waals surface area contributed by atoms with Crippen LogP contribution in [0, 0.1) is 6.92 Å². The molecule has 1 amide bonds. The summed E-state index contributed by atoms with van der Waals surface area (Å²) in [7, 11) is 1.57. The molecule has 22 heavy (non-hydrogen) atoms. The van der Waals surface area contributed by atoms with Gasteiger partial charge < -0.3 is 10.1 Å². The van der Waals surface area contributed by atoms with E-state index >= 15 is 0 Å². The molecule has 1 fully saturated rings. The average molecular weight is 361 g/mol. The molecule has 0 aliphatic heterocycles. The molecule has 3 rings (SSSR count). The van der Waals surface area contributed by atoms with Crippen molar-refractivity contribution in [2.45, 2.75) is 25.3 Å². The molecule has 4 nitrogen and oxygen atoms in total. The molecule has 1 saturated carbocycles. The summed E-state index contributed by atoms with van der Waals surface area (Å²) in [5.41, 5.74) is 2.13. The van der Waals surface area contributed by atoms with E-state index in [4.69, 9.17) is 4.74 Å². The summed E-state index contributed by atoms with van der Waals surface area (Å²) in [4.78, 5) is 17.1. The van der Waals surface area contributed by atoms with Crippen LogP contribution in [0.1, 0.15) is 34.5 Å². The molecule has 1 heterocycles. The summed E-state index contributed by atoms with van der Waals surface area (Å²) in [5.74, 6) is 0.440. The average Bonchev–Trinajstić information content (AvgIpc) is 3.31. The van der Waals surface area contributed by atoms with Crippen LogP contribution in [0.3, 0.4) is 0 Å². The predicted molar refractivity (Wildman–Crippen MR) is 88.0 cm³/mol. The highest BCUT2D eigenvalue weighted by Crippen LogP contribution is 2.45. The molecule has 1 aliphatic carbocycles. The van der Waals surface area contributed by atoms with Crippen LogP contribution in [-0.2, 0) is 5.54 Å². The van der Waals surface area contributed by atoms with Gasteiger partial charge in [-0.15, -0.1) is 0 Å². The number of aromatic nitrogens is 1. The monoisotopic (exact) mass is 360 g/mol. The molecule has 1 aromatic heterocycles. The zero-order valence-electron chi connectivity index (χ0n) is 12.5. The number of carbonyl (C=O) groups excluding carboxylic acids is 1. The Morgan fingerprint density at radius 2 is 2.14 bits per heavy atom. The number of rotatable bonds is 4. The summed E-state index contributed by atoms with van der Waals surface area (Å²) in [6.07, 6.45) is 3.57. The van der Waals surface area contributed by atoms with Gasteiger partial charge in [0.2, 0.25) is 0 Å². The first-order valence-corrected chi connectivity index (χ1v) is 7.93. The number of carbonyl (C=O) groups is 1. The first-order valence-electron chi connectivity index (χ1n) is 7.14. The van der Waals surface area contributed by atoms with Crippen molar-refractivity contribution in [3.8, 4) is 5.75 Å². The SMILES string of the molecule is COc1cc(C)c(Br)cc1C(=O)NC1(c2ccccn2)CC1. The number of ether oxygens (including phenoxy) is 1. The Bertz CT molecular complexity index is 712. The molecule has 0 bridgehead atoms. The second-order valence-electron chi connectivity index (χ2n) is 5.55. The van der Waals surface area contributed by atoms with Gasteiger partial charge in [0.05, 0.1) is 23.9 Å². The van der Waals surface area contributed by atoms with Crippen LogP contribution in [0.15, 0.2) is 41.0 Å². The Hall–Kier alpha value is -1.88. The third-order valence-corrected chi connectivity index (χ3v) is 4.84. The maximum absolute atomic E-state index is 12.7. The fraction of sp³-hybridized carbons (Fsp3) is 0.294. The van der Waals surface area contributed by atoms with Crippen molar-refractivity contribution in [1.82, 2.24) is 10.3 Å². The first kappa shape index (κ1) is 15.0. The lowest BCUT2D eigenvalue weighted by molar-refractivity contribution is 0.0926. The van der Waals surface area contributed by atoms with E-state index in [1.165, 1.54) is 0 Å². The standard InChI is InChI=1S/C17H17BrN2O2/c1-11-9-14(22-2)12(10-13(11)18)16(21)20-17(6-7-17)15-5-3-4-8-19-15/h3-5,8-10H,6-7H2,1-2H3,(H,20,21). The number of hydrogen-bond acceptors (Lipinski definition) is 3. The van der Waals surface area contributed by atoms with Gasteiger partial charge in [-0.05, 0) is 49.6 Å². The van der Waals surface area contributed by atoms with Crippen LogP contribution in [-0.4, -0.2) is 18.0 Å². The number of halogens is 1. The zero-order valence-corrected chi connectivity index (χ0v) is 14.1. The molecular formula is C17H17BrN2O2. The number of pyridine rings is 1. The Kier molecular flexibility index (Phi) is 3.91. The third kappa shape index (κ3) is 2.73. The van der Waals surface area contributed by atoms with Crippen LogP contribution < -0.4 is 10.1 Å². The van der Waals surface area contributed by atoms with Gasteiger partial charge in [-0.3, -0.25) is 9.78 Å². The topological polar surface area (TPSA) is 51.2 Å². The summed E-state index contributed by atoms with van der Waals surface area (Å²) < 4.78 is 6.24. The summed E-state index contributed by atoms with van der Waals surface area (Å²) in [6, 6.07) is 9.44. The van der Waals surface area contributed by atoms with E-state index in [1.54, 1.807) is 19.4 Å². The molecule has 1 N–H and O–H groups in total. The van der Waals surface area contributed by atoms with E-state index in [-0.39, 0.29) is 11.4 Å². The second-order valence-corrected chi connectivity index (χ2v) is 6.41. The normalized spacial score (nSPS) is 15.2. The summed E-state index contributed by atoms with van der Waals surface area (Å²) in [6.45, 7) is 1.96. The molecule has 0 spiro atoms. The molecule has 0 saturated heterocycles. The largest absolute Gasteiger partial charge is 0.496 e. The molecule has 1 aliphatic rings. The lowest BCUT2D eigenvalue weighted by Crippen LogP contribution is -2.35. The highest BCUT2D eigenvalue weighted by atomic mass is 79.9. The zero-order chi connectivity index (χ0) is 15.7. The van der Waals surface area contributed by atoms with Crippen LogP contribution in [0.5, 0.6) is 5.75 Å². The van der Waals surface area contributed by atoms with Gasteiger partial charge in [-0.2, -0.15) is 0 Å². The lowest BCUT2D eigenvalue weighted by atomic mass is 10.1.